The zero-order valence-corrected chi connectivity index (χ0v) is 15.6. The first-order valence-electron chi connectivity index (χ1n) is 8.32. The van der Waals surface area contributed by atoms with E-state index in [-0.39, 0.29) is 5.91 Å². The molecule has 0 aliphatic carbocycles. The minimum atomic E-state index is -0.118. The fraction of sp³-hybridized carbons (Fsp3) is 0.176. The number of nitrogens with zero attached hydrogens (tertiary/aromatic N) is 8. The molecule has 0 saturated heterocycles. The summed E-state index contributed by atoms with van der Waals surface area (Å²) < 4.78 is 4.59. The molecule has 5 rings (SSSR count). The molecule has 1 aliphatic rings. The van der Waals surface area contributed by atoms with Gasteiger partial charge in [-0.2, -0.15) is 5.10 Å². The molecule has 0 saturated carbocycles. The highest BCUT2D eigenvalue weighted by Gasteiger charge is 2.27. The highest BCUT2D eigenvalue weighted by molar-refractivity contribution is 9.10. The summed E-state index contributed by atoms with van der Waals surface area (Å²) in [6.45, 7) is 1.54. The molecule has 10 heteroatoms. The van der Waals surface area contributed by atoms with Gasteiger partial charge in [-0.3, -0.25) is 4.79 Å². The highest BCUT2D eigenvalue weighted by Crippen LogP contribution is 2.21. The first-order chi connectivity index (χ1) is 13.2. The molecule has 0 fully saturated rings. The Bertz CT molecular complexity index is 1150. The van der Waals surface area contributed by atoms with Crippen LogP contribution in [0.25, 0.3) is 17.0 Å². The fourth-order valence-corrected chi connectivity index (χ4v) is 3.50. The Labute approximate surface area is 161 Å². The van der Waals surface area contributed by atoms with Gasteiger partial charge in [0.2, 0.25) is 0 Å². The number of pyridine rings is 1. The van der Waals surface area contributed by atoms with E-state index in [9.17, 15) is 4.79 Å². The average Bonchev–Trinajstić information content (AvgIpc) is 3.31. The SMILES string of the molecule is O=C(c1cc2ccc(Br)cn2n1)N1CCn2c(nnc2-c2ccncn2)C1. The summed E-state index contributed by atoms with van der Waals surface area (Å²) in [5.41, 5.74) is 2.00. The number of carbonyl (C=O) groups is 1. The molecule has 0 atom stereocenters. The molecule has 134 valence electrons. The van der Waals surface area contributed by atoms with Crippen molar-refractivity contribution in [2.24, 2.45) is 0 Å². The molecular formula is C17H13BrN8O. The minimum Gasteiger partial charge on any atom is -0.328 e. The molecule has 27 heavy (non-hydrogen) atoms. The normalized spacial score (nSPS) is 13.7. The van der Waals surface area contributed by atoms with Gasteiger partial charge in [-0.15, -0.1) is 10.2 Å². The van der Waals surface area contributed by atoms with Gasteiger partial charge in [-0.1, -0.05) is 0 Å². The van der Waals surface area contributed by atoms with Crippen molar-refractivity contribution in [3.05, 3.63) is 59.0 Å². The van der Waals surface area contributed by atoms with Gasteiger partial charge < -0.3 is 9.47 Å². The van der Waals surface area contributed by atoms with E-state index in [1.807, 2.05) is 22.9 Å². The molecule has 4 aromatic heterocycles. The molecule has 4 aromatic rings. The molecule has 5 heterocycles. The summed E-state index contributed by atoms with van der Waals surface area (Å²) in [5, 5.41) is 12.9. The van der Waals surface area contributed by atoms with Crippen molar-refractivity contribution in [2.45, 2.75) is 13.1 Å². The summed E-state index contributed by atoms with van der Waals surface area (Å²) in [6.07, 6.45) is 4.98. The predicted octanol–water partition coefficient (Wildman–Crippen LogP) is 1.80. The van der Waals surface area contributed by atoms with Gasteiger partial charge in [-0.25, -0.2) is 14.5 Å². The first kappa shape index (κ1) is 16.1. The van der Waals surface area contributed by atoms with Gasteiger partial charge in [0.05, 0.1) is 12.1 Å². The maximum absolute atomic E-state index is 12.9. The number of hydrogen-bond donors (Lipinski definition) is 0. The number of carbonyl (C=O) groups excluding carboxylic acids is 1. The van der Waals surface area contributed by atoms with Gasteiger partial charge in [-0.05, 0) is 40.2 Å². The molecule has 1 aliphatic heterocycles. The molecule has 0 N–H and O–H groups in total. The lowest BCUT2D eigenvalue weighted by molar-refractivity contribution is 0.0701. The van der Waals surface area contributed by atoms with Crippen LogP contribution in [0.2, 0.25) is 0 Å². The Balaban J connectivity index is 1.42. The standard InChI is InChI=1S/C17H13BrN8O/c18-11-1-2-12-7-14(23-26(12)8-11)17(27)24-5-6-25-15(9-24)21-22-16(25)13-3-4-19-10-20-13/h1-4,7-8,10H,5-6,9H2. The third kappa shape index (κ3) is 2.78. The van der Waals surface area contributed by atoms with Crippen molar-refractivity contribution in [3.8, 4) is 11.5 Å². The second-order valence-corrected chi connectivity index (χ2v) is 7.07. The molecule has 0 unspecified atom stereocenters. The van der Waals surface area contributed by atoms with Crippen LogP contribution < -0.4 is 0 Å². The largest absolute Gasteiger partial charge is 0.328 e. The van der Waals surface area contributed by atoms with Crippen LogP contribution in [-0.4, -0.2) is 51.7 Å². The van der Waals surface area contributed by atoms with E-state index in [0.717, 1.165) is 21.5 Å². The van der Waals surface area contributed by atoms with E-state index in [4.69, 9.17) is 0 Å². The summed E-state index contributed by atoms with van der Waals surface area (Å²) in [4.78, 5) is 22.8. The lowest BCUT2D eigenvalue weighted by Crippen LogP contribution is -2.38. The zero-order chi connectivity index (χ0) is 18.4. The molecule has 0 aromatic carbocycles. The molecule has 0 spiro atoms. The van der Waals surface area contributed by atoms with Crippen LogP contribution in [-0.2, 0) is 13.1 Å². The second kappa shape index (κ2) is 6.23. The summed E-state index contributed by atoms with van der Waals surface area (Å²) in [6, 6.07) is 7.42. The van der Waals surface area contributed by atoms with Crippen molar-refractivity contribution in [1.82, 2.24) is 39.2 Å². The Morgan fingerprint density at radius 1 is 1.15 bits per heavy atom. The number of hydrogen-bond acceptors (Lipinski definition) is 6. The van der Waals surface area contributed by atoms with Crippen LogP contribution in [0, 0.1) is 0 Å². The number of aromatic nitrogens is 7. The van der Waals surface area contributed by atoms with E-state index in [1.165, 1.54) is 6.33 Å². The lowest BCUT2D eigenvalue weighted by atomic mass is 10.2. The molecule has 0 bridgehead atoms. The number of halogens is 1. The summed E-state index contributed by atoms with van der Waals surface area (Å²) in [7, 11) is 0. The van der Waals surface area contributed by atoms with Gasteiger partial charge in [0.25, 0.3) is 5.91 Å². The second-order valence-electron chi connectivity index (χ2n) is 6.16. The predicted molar refractivity (Wildman–Crippen MR) is 98.7 cm³/mol. The van der Waals surface area contributed by atoms with E-state index in [2.05, 4.69) is 41.2 Å². The Morgan fingerprint density at radius 2 is 2.07 bits per heavy atom. The monoisotopic (exact) mass is 424 g/mol. The Morgan fingerprint density at radius 3 is 2.93 bits per heavy atom. The van der Waals surface area contributed by atoms with Gasteiger partial charge >= 0.3 is 0 Å². The van der Waals surface area contributed by atoms with Crippen molar-refractivity contribution in [1.29, 1.82) is 0 Å². The third-order valence-electron chi connectivity index (χ3n) is 4.49. The van der Waals surface area contributed by atoms with Crippen molar-refractivity contribution >= 4 is 27.4 Å². The summed E-state index contributed by atoms with van der Waals surface area (Å²) >= 11 is 3.41. The van der Waals surface area contributed by atoms with Crippen LogP contribution in [0.1, 0.15) is 16.3 Å². The molecular weight excluding hydrogens is 412 g/mol. The van der Waals surface area contributed by atoms with Gasteiger partial charge in [0.15, 0.2) is 17.3 Å². The van der Waals surface area contributed by atoms with Crippen LogP contribution >= 0.6 is 15.9 Å². The van der Waals surface area contributed by atoms with Crippen LogP contribution in [0.15, 0.2) is 47.5 Å². The quantitative estimate of drug-likeness (QED) is 0.486. The van der Waals surface area contributed by atoms with Crippen molar-refractivity contribution in [3.63, 3.8) is 0 Å². The maximum atomic E-state index is 12.9. The van der Waals surface area contributed by atoms with Crippen LogP contribution in [0.3, 0.4) is 0 Å². The lowest BCUT2D eigenvalue weighted by Gasteiger charge is -2.27. The Kier molecular flexibility index (Phi) is 3.71. The van der Waals surface area contributed by atoms with Crippen LogP contribution in [0.4, 0.5) is 0 Å². The van der Waals surface area contributed by atoms with Gasteiger partial charge in [0.1, 0.15) is 12.0 Å². The zero-order valence-electron chi connectivity index (χ0n) is 14.0. The average molecular weight is 425 g/mol. The van der Waals surface area contributed by atoms with Crippen molar-refractivity contribution in [2.75, 3.05) is 6.54 Å². The third-order valence-corrected chi connectivity index (χ3v) is 4.96. The summed E-state index contributed by atoms with van der Waals surface area (Å²) in [5.74, 6) is 1.31. The van der Waals surface area contributed by atoms with E-state index >= 15 is 0 Å². The first-order valence-corrected chi connectivity index (χ1v) is 9.11. The number of fused-ring (bicyclic) bond motifs is 2. The molecule has 1 amide bonds. The number of rotatable bonds is 2. The van der Waals surface area contributed by atoms with Crippen molar-refractivity contribution < 1.29 is 4.79 Å². The van der Waals surface area contributed by atoms with E-state index < -0.39 is 0 Å². The van der Waals surface area contributed by atoms with Gasteiger partial charge in [0, 0.05) is 30.0 Å². The van der Waals surface area contributed by atoms with E-state index in [0.29, 0.717) is 31.2 Å². The van der Waals surface area contributed by atoms with Crippen LogP contribution in [0.5, 0.6) is 0 Å². The smallest absolute Gasteiger partial charge is 0.274 e. The highest BCUT2D eigenvalue weighted by atomic mass is 79.9. The number of amides is 1. The Hall–Kier alpha value is -3.14. The van der Waals surface area contributed by atoms with E-state index in [1.54, 1.807) is 27.7 Å². The minimum absolute atomic E-state index is 0.118. The fourth-order valence-electron chi connectivity index (χ4n) is 3.17. The molecule has 0 radical (unpaired) electrons. The topological polar surface area (TPSA) is 94.1 Å². The maximum Gasteiger partial charge on any atom is 0.274 e. The molecule has 9 nitrogen and oxygen atoms in total.